The maximum atomic E-state index is 12.0. The van der Waals surface area contributed by atoms with Crippen molar-refractivity contribution in [3.8, 4) is 5.75 Å². The van der Waals surface area contributed by atoms with Gasteiger partial charge in [0.1, 0.15) is 5.75 Å². The highest BCUT2D eigenvalue weighted by Crippen LogP contribution is 2.25. The summed E-state index contributed by atoms with van der Waals surface area (Å²) >= 11 is 0. The average molecular weight is 318 g/mol. The van der Waals surface area contributed by atoms with Crippen molar-refractivity contribution in [3.63, 3.8) is 0 Å². The number of alkyl halides is 3. The van der Waals surface area contributed by atoms with Crippen molar-refractivity contribution in [2.75, 3.05) is 18.4 Å². The number of amides is 2. The van der Waals surface area contributed by atoms with Crippen LogP contribution in [0.1, 0.15) is 13.3 Å². The summed E-state index contributed by atoms with van der Waals surface area (Å²) in [5.41, 5.74) is 0.375. The molecule has 8 heteroatoms. The molecule has 122 valence electrons. The fourth-order valence-electron chi connectivity index (χ4n) is 2.31. The van der Waals surface area contributed by atoms with E-state index in [2.05, 4.69) is 10.1 Å². The van der Waals surface area contributed by atoms with E-state index < -0.39 is 12.5 Å². The summed E-state index contributed by atoms with van der Waals surface area (Å²) in [5, 5.41) is 12.1. The van der Waals surface area contributed by atoms with Gasteiger partial charge in [-0.3, -0.25) is 0 Å². The summed E-state index contributed by atoms with van der Waals surface area (Å²) in [4.78, 5) is 13.6. The molecule has 2 rings (SSSR count). The zero-order valence-electron chi connectivity index (χ0n) is 11.9. The van der Waals surface area contributed by atoms with E-state index in [0.29, 0.717) is 18.8 Å². The molecular weight excluding hydrogens is 301 g/mol. The number of benzene rings is 1. The average Bonchev–Trinajstić information content (AvgIpc) is 2.89. The number of nitrogens with one attached hydrogen (secondary N) is 1. The van der Waals surface area contributed by atoms with Crippen LogP contribution in [0.25, 0.3) is 0 Å². The molecule has 0 saturated carbocycles. The first-order chi connectivity index (χ1) is 10.2. The molecule has 1 aromatic rings. The highest BCUT2D eigenvalue weighted by Gasteiger charge is 2.31. The Hall–Kier alpha value is -1.96. The number of aliphatic hydroxyl groups is 1. The number of hydrogen-bond donors (Lipinski definition) is 2. The van der Waals surface area contributed by atoms with Crippen LogP contribution in [0.4, 0.5) is 23.7 Å². The number of nitrogens with zero attached hydrogens (tertiary/aromatic N) is 1. The monoisotopic (exact) mass is 318 g/mol. The fourth-order valence-corrected chi connectivity index (χ4v) is 2.31. The van der Waals surface area contributed by atoms with Crippen LogP contribution in [0.2, 0.25) is 0 Å². The third kappa shape index (κ3) is 4.52. The van der Waals surface area contributed by atoms with Gasteiger partial charge in [0.15, 0.2) is 0 Å². The molecule has 2 amide bonds. The minimum absolute atomic E-state index is 0.0494. The number of likely N-dealkylation sites (tertiary alicyclic amines) is 1. The van der Waals surface area contributed by atoms with Crippen molar-refractivity contribution in [2.45, 2.75) is 25.8 Å². The van der Waals surface area contributed by atoms with Crippen LogP contribution in [-0.4, -0.2) is 41.6 Å². The van der Waals surface area contributed by atoms with Gasteiger partial charge in [-0.25, -0.2) is 4.79 Å². The van der Waals surface area contributed by atoms with Gasteiger partial charge in [-0.15, -0.1) is 13.2 Å². The summed E-state index contributed by atoms with van der Waals surface area (Å²) in [7, 11) is 0. The van der Waals surface area contributed by atoms with Crippen LogP contribution in [0.15, 0.2) is 24.3 Å². The molecule has 1 saturated heterocycles. The molecule has 1 fully saturated rings. The standard InChI is InChI=1S/C14H17F3N2O3/c1-9(20)10-6-7-19(8-10)13(21)18-11-2-4-12(5-3-11)22-14(15,16)17/h2-5,9-10,20H,6-8H2,1H3,(H,18,21). The molecule has 0 radical (unpaired) electrons. The molecule has 2 unspecified atom stereocenters. The van der Waals surface area contributed by atoms with Gasteiger partial charge in [-0.2, -0.15) is 0 Å². The Morgan fingerprint density at radius 2 is 2.05 bits per heavy atom. The van der Waals surface area contributed by atoms with E-state index in [1.165, 1.54) is 12.1 Å². The number of urea groups is 1. The second-order valence-electron chi connectivity index (χ2n) is 5.24. The van der Waals surface area contributed by atoms with Crippen molar-refractivity contribution in [1.82, 2.24) is 4.90 Å². The summed E-state index contributed by atoms with van der Waals surface area (Å²) in [5.74, 6) is -0.297. The summed E-state index contributed by atoms with van der Waals surface area (Å²) in [6.45, 7) is 2.68. The number of hydrogen-bond acceptors (Lipinski definition) is 3. The summed E-state index contributed by atoms with van der Waals surface area (Å²) in [6.07, 6.45) is -4.49. The van der Waals surface area contributed by atoms with Gasteiger partial charge in [0.2, 0.25) is 0 Å². The van der Waals surface area contributed by atoms with Gasteiger partial charge in [0.25, 0.3) is 0 Å². The lowest BCUT2D eigenvalue weighted by atomic mass is 10.0. The van der Waals surface area contributed by atoms with E-state index in [1.54, 1.807) is 11.8 Å². The highest BCUT2D eigenvalue weighted by atomic mass is 19.4. The van der Waals surface area contributed by atoms with Gasteiger partial charge in [0.05, 0.1) is 6.10 Å². The van der Waals surface area contributed by atoms with Crippen LogP contribution in [0, 0.1) is 5.92 Å². The molecule has 0 aliphatic carbocycles. The van der Waals surface area contributed by atoms with E-state index in [4.69, 9.17) is 0 Å². The predicted octanol–water partition coefficient (Wildman–Crippen LogP) is 2.82. The number of anilines is 1. The van der Waals surface area contributed by atoms with Crippen molar-refractivity contribution in [3.05, 3.63) is 24.3 Å². The maximum Gasteiger partial charge on any atom is 0.573 e. The van der Waals surface area contributed by atoms with Crippen molar-refractivity contribution < 1.29 is 27.8 Å². The van der Waals surface area contributed by atoms with Crippen LogP contribution in [0.5, 0.6) is 5.75 Å². The molecule has 0 aromatic heterocycles. The van der Waals surface area contributed by atoms with Crippen molar-refractivity contribution in [2.24, 2.45) is 5.92 Å². The largest absolute Gasteiger partial charge is 0.573 e. The lowest BCUT2D eigenvalue weighted by molar-refractivity contribution is -0.274. The van der Waals surface area contributed by atoms with E-state index >= 15 is 0 Å². The topological polar surface area (TPSA) is 61.8 Å². The van der Waals surface area contributed by atoms with Gasteiger partial charge in [-0.05, 0) is 37.6 Å². The number of carbonyl (C=O) groups is 1. The molecule has 5 nitrogen and oxygen atoms in total. The second kappa shape index (κ2) is 6.43. The molecule has 0 bridgehead atoms. The number of carbonyl (C=O) groups excluding carboxylic acids is 1. The smallest absolute Gasteiger partial charge is 0.406 e. The Morgan fingerprint density at radius 3 is 2.55 bits per heavy atom. The SMILES string of the molecule is CC(O)C1CCN(C(=O)Nc2ccc(OC(F)(F)F)cc2)C1. The molecule has 2 N–H and O–H groups in total. The molecule has 1 aliphatic rings. The number of halogens is 3. The van der Waals surface area contributed by atoms with Gasteiger partial charge >= 0.3 is 12.4 Å². The first-order valence-corrected chi connectivity index (χ1v) is 6.84. The zero-order chi connectivity index (χ0) is 16.3. The normalized spacial score (nSPS) is 19.9. The second-order valence-corrected chi connectivity index (χ2v) is 5.24. The Morgan fingerprint density at radius 1 is 1.41 bits per heavy atom. The molecular formula is C14H17F3N2O3. The third-order valence-electron chi connectivity index (χ3n) is 3.53. The highest BCUT2D eigenvalue weighted by molar-refractivity contribution is 5.89. The minimum atomic E-state index is -4.74. The minimum Gasteiger partial charge on any atom is -0.406 e. The Balaban J connectivity index is 1.90. The van der Waals surface area contributed by atoms with Crippen molar-refractivity contribution >= 4 is 11.7 Å². The van der Waals surface area contributed by atoms with Crippen LogP contribution < -0.4 is 10.1 Å². The summed E-state index contributed by atoms with van der Waals surface area (Å²) < 4.78 is 39.9. The van der Waals surface area contributed by atoms with E-state index in [0.717, 1.165) is 18.6 Å². The van der Waals surface area contributed by atoms with Crippen molar-refractivity contribution in [1.29, 1.82) is 0 Å². The van der Waals surface area contributed by atoms with E-state index in [9.17, 15) is 23.1 Å². The number of rotatable bonds is 3. The first kappa shape index (κ1) is 16.4. The molecule has 1 aliphatic heterocycles. The number of aliphatic hydroxyl groups excluding tert-OH is 1. The molecule has 2 atom stereocenters. The van der Waals surface area contributed by atoms with Crippen LogP contribution >= 0.6 is 0 Å². The fraction of sp³-hybridized carbons (Fsp3) is 0.500. The maximum absolute atomic E-state index is 12.0. The number of ether oxygens (including phenoxy) is 1. The first-order valence-electron chi connectivity index (χ1n) is 6.84. The van der Waals surface area contributed by atoms with Gasteiger partial charge < -0.3 is 20.1 Å². The van der Waals surface area contributed by atoms with Crippen LogP contribution in [-0.2, 0) is 0 Å². The Kier molecular flexibility index (Phi) is 4.80. The third-order valence-corrected chi connectivity index (χ3v) is 3.53. The Bertz CT molecular complexity index is 517. The van der Waals surface area contributed by atoms with E-state index in [1.807, 2.05) is 0 Å². The Labute approximate surface area is 125 Å². The van der Waals surface area contributed by atoms with Gasteiger partial charge in [0, 0.05) is 24.7 Å². The summed E-state index contributed by atoms with van der Waals surface area (Å²) in [6, 6.07) is 4.59. The lowest BCUT2D eigenvalue weighted by Crippen LogP contribution is -2.34. The lowest BCUT2D eigenvalue weighted by Gasteiger charge is -2.18. The van der Waals surface area contributed by atoms with E-state index in [-0.39, 0.29) is 17.7 Å². The van der Waals surface area contributed by atoms with Gasteiger partial charge in [-0.1, -0.05) is 0 Å². The predicted molar refractivity (Wildman–Crippen MR) is 73.5 cm³/mol. The molecule has 1 heterocycles. The van der Waals surface area contributed by atoms with Crippen LogP contribution in [0.3, 0.4) is 0 Å². The zero-order valence-corrected chi connectivity index (χ0v) is 11.9. The molecule has 22 heavy (non-hydrogen) atoms. The molecule has 0 spiro atoms. The quantitative estimate of drug-likeness (QED) is 0.901. The molecule has 1 aromatic carbocycles.